The molecule has 0 amide bonds. The van der Waals surface area contributed by atoms with E-state index in [9.17, 15) is 9.90 Å². The van der Waals surface area contributed by atoms with Gasteiger partial charge in [-0.3, -0.25) is 4.79 Å². The van der Waals surface area contributed by atoms with Gasteiger partial charge in [0.15, 0.2) is 5.65 Å². The van der Waals surface area contributed by atoms with Gasteiger partial charge in [0.1, 0.15) is 10.9 Å². The highest BCUT2D eigenvalue weighted by Crippen LogP contribution is 2.48. The van der Waals surface area contributed by atoms with Crippen LogP contribution in [0.2, 0.25) is 0 Å². The molecule has 0 bridgehead atoms. The molecule has 2 aromatic heterocycles. The van der Waals surface area contributed by atoms with Gasteiger partial charge in [0, 0.05) is 0 Å². The first kappa shape index (κ1) is 11.6. The Labute approximate surface area is 112 Å². The highest BCUT2D eigenvalue weighted by molar-refractivity contribution is 9.10. The van der Waals surface area contributed by atoms with Crippen LogP contribution in [-0.2, 0) is 10.2 Å². The molecule has 1 saturated carbocycles. The number of nitrogens with zero attached hydrogens (tertiary/aromatic N) is 3. The molecule has 0 aromatic carbocycles. The number of rotatable bonds is 2. The maximum absolute atomic E-state index is 11.6. The molecule has 0 atom stereocenters. The zero-order valence-electron chi connectivity index (χ0n) is 9.80. The van der Waals surface area contributed by atoms with Crippen molar-refractivity contribution >= 4 is 27.5 Å². The van der Waals surface area contributed by atoms with Crippen LogP contribution in [0.1, 0.15) is 25.3 Å². The third kappa shape index (κ3) is 1.48. The first-order valence-electron chi connectivity index (χ1n) is 5.76. The van der Waals surface area contributed by atoms with Crippen molar-refractivity contribution in [3.8, 4) is 0 Å². The Hall–Kier alpha value is -1.43. The first-order valence-corrected chi connectivity index (χ1v) is 6.55. The van der Waals surface area contributed by atoms with Crippen LogP contribution in [-0.4, -0.2) is 25.7 Å². The SMILES string of the molecule is CC1CC(C(=O)O)(c2cc(Br)n3ncnc3c2)C1. The van der Waals surface area contributed by atoms with Crippen LogP contribution in [0.5, 0.6) is 0 Å². The lowest BCUT2D eigenvalue weighted by atomic mass is 9.59. The number of aliphatic carboxylic acids is 1. The van der Waals surface area contributed by atoms with Crippen molar-refractivity contribution in [3.63, 3.8) is 0 Å². The molecule has 1 N–H and O–H groups in total. The van der Waals surface area contributed by atoms with Gasteiger partial charge in [0.25, 0.3) is 0 Å². The van der Waals surface area contributed by atoms with Gasteiger partial charge in [0.05, 0.1) is 5.41 Å². The van der Waals surface area contributed by atoms with E-state index in [0.29, 0.717) is 24.4 Å². The Kier molecular flexibility index (Phi) is 2.45. The van der Waals surface area contributed by atoms with E-state index in [1.165, 1.54) is 6.33 Å². The fourth-order valence-corrected chi connectivity index (χ4v) is 3.34. The quantitative estimate of drug-likeness (QED) is 0.864. The minimum Gasteiger partial charge on any atom is -0.481 e. The molecular formula is C12H12BrN3O2. The van der Waals surface area contributed by atoms with Crippen molar-refractivity contribution in [1.82, 2.24) is 14.6 Å². The van der Waals surface area contributed by atoms with Gasteiger partial charge in [0.2, 0.25) is 0 Å². The molecule has 3 rings (SSSR count). The predicted molar refractivity (Wildman–Crippen MR) is 68.4 cm³/mol. The molecule has 0 spiro atoms. The average Bonchev–Trinajstić information content (AvgIpc) is 2.72. The number of fused-ring (bicyclic) bond motifs is 1. The fourth-order valence-electron chi connectivity index (χ4n) is 2.82. The second kappa shape index (κ2) is 3.78. The molecular weight excluding hydrogens is 298 g/mol. The van der Waals surface area contributed by atoms with Crippen molar-refractivity contribution in [2.75, 3.05) is 0 Å². The van der Waals surface area contributed by atoms with Gasteiger partial charge in [-0.1, -0.05) is 6.92 Å². The second-order valence-corrected chi connectivity index (χ2v) is 5.81. The molecule has 2 aromatic rings. The van der Waals surface area contributed by atoms with E-state index in [0.717, 1.165) is 10.2 Å². The molecule has 0 unspecified atom stereocenters. The standard InChI is InChI=1S/C12H12BrN3O2/c1-7-4-12(5-7,11(17)18)8-2-9(13)16-10(3-8)14-6-15-16/h2-3,6-7H,4-5H2,1H3,(H,17,18). The summed E-state index contributed by atoms with van der Waals surface area (Å²) in [5, 5.41) is 13.6. The lowest BCUT2D eigenvalue weighted by molar-refractivity contribution is -0.149. The van der Waals surface area contributed by atoms with Crippen molar-refractivity contribution in [2.24, 2.45) is 5.92 Å². The lowest BCUT2D eigenvalue weighted by Gasteiger charge is -2.43. The summed E-state index contributed by atoms with van der Waals surface area (Å²) in [6.45, 7) is 2.08. The summed E-state index contributed by atoms with van der Waals surface area (Å²) < 4.78 is 2.37. The summed E-state index contributed by atoms with van der Waals surface area (Å²) in [5.41, 5.74) is 0.718. The Bertz CT molecular complexity index is 631. The van der Waals surface area contributed by atoms with Gasteiger partial charge in [-0.05, 0) is 52.4 Å². The minimum atomic E-state index is -0.754. The maximum Gasteiger partial charge on any atom is 0.314 e. The Balaban J connectivity index is 2.16. The number of halogens is 1. The summed E-state index contributed by atoms with van der Waals surface area (Å²) in [6.07, 6.45) is 2.82. The van der Waals surface area contributed by atoms with E-state index in [-0.39, 0.29) is 0 Å². The molecule has 1 fully saturated rings. The molecule has 94 valence electrons. The molecule has 6 heteroatoms. The van der Waals surface area contributed by atoms with Crippen molar-refractivity contribution in [3.05, 3.63) is 28.6 Å². The monoisotopic (exact) mass is 309 g/mol. The zero-order chi connectivity index (χ0) is 12.9. The van der Waals surface area contributed by atoms with Gasteiger partial charge in [-0.2, -0.15) is 5.10 Å². The Morgan fingerprint density at radius 2 is 2.28 bits per heavy atom. The van der Waals surface area contributed by atoms with Gasteiger partial charge < -0.3 is 5.11 Å². The van der Waals surface area contributed by atoms with Gasteiger partial charge in [-0.25, -0.2) is 9.50 Å². The first-order chi connectivity index (χ1) is 8.53. The number of pyridine rings is 1. The molecule has 1 aliphatic carbocycles. The third-order valence-electron chi connectivity index (χ3n) is 3.69. The Morgan fingerprint density at radius 1 is 1.56 bits per heavy atom. The number of carboxylic acids is 1. The number of aromatic nitrogens is 3. The van der Waals surface area contributed by atoms with Crippen LogP contribution < -0.4 is 0 Å². The van der Waals surface area contributed by atoms with Gasteiger partial charge >= 0.3 is 5.97 Å². The summed E-state index contributed by atoms with van der Waals surface area (Å²) in [5.74, 6) is -0.301. The number of carboxylic acid groups (broad SMARTS) is 1. The zero-order valence-corrected chi connectivity index (χ0v) is 11.4. The topological polar surface area (TPSA) is 67.5 Å². The fraction of sp³-hybridized carbons (Fsp3) is 0.417. The highest BCUT2D eigenvalue weighted by Gasteiger charge is 2.50. The number of carbonyl (C=O) groups is 1. The maximum atomic E-state index is 11.6. The van der Waals surface area contributed by atoms with Crippen LogP contribution in [0.25, 0.3) is 5.65 Å². The summed E-state index contributed by atoms with van der Waals surface area (Å²) in [6, 6.07) is 3.65. The summed E-state index contributed by atoms with van der Waals surface area (Å²) in [7, 11) is 0. The van der Waals surface area contributed by atoms with Crippen molar-refractivity contribution < 1.29 is 9.90 Å². The average molecular weight is 310 g/mol. The highest BCUT2D eigenvalue weighted by atomic mass is 79.9. The number of hydrogen-bond donors (Lipinski definition) is 1. The molecule has 5 nitrogen and oxygen atoms in total. The molecule has 0 radical (unpaired) electrons. The van der Waals surface area contributed by atoms with E-state index >= 15 is 0 Å². The second-order valence-electron chi connectivity index (χ2n) is 5.00. The molecule has 0 aliphatic heterocycles. The van der Waals surface area contributed by atoms with E-state index in [4.69, 9.17) is 0 Å². The molecule has 18 heavy (non-hydrogen) atoms. The van der Waals surface area contributed by atoms with Crippen LogP contribution in [0.15, 0.2) is 23.1 Å². The minimum absolute atomic E-state index is 0.453. The van der Waals surface area contributed by atoms with Crippen molar-refractivity contribution in [2.45, 2.75) is 25.2 Å². The normalized spacial score (nSPS) is 27.1. The summed E-state index contributed by atoms with van der Waals surface area (Å²) in [4.78, 5) is 15.7. The number of hydrogen-bond acceptors (Lipinski definition) is 3. The molecule has 1 aliphatic rings. The van der Waals surface area contributed by atoms with Crippen LogP contribution in [0.3, 0.4) is 0 Å². The molecule has 2 heterocycles. The van der Waals surface area contributed by atoms with E-state index < -0.39 is 11.4 Å². The lowest BCUT2D eigenvalue weighted by Crippen LogP contribution is -2.47. The van der Waals surface area contributed by atoms with E-state index in [1.807, 2.05) is 12.1 Å². The smallest absolute Gasteiger partial charge is 0.314 e. The third-order valence-corrected chi connectivity index (χ3v) is 4.26. The van der Waals surface area contributed by atoms with Crippen LogP contribution >= 0.6 is 15.9 Å². The molecule has 0 saturated heterocycles. The van der Waals surface area contributed by atoms with Crippen molar-refractivity contribution in [1.29, 1.82) is 0 Å². The largest absolute Gasteiger partial charge is 0.481 e. The Morgan fingerprint density at radius 3 is 2.89 bits per heavy atom. The van der Waals surface area contributed by atoms with E-state index in [1.54, 1.807) is 4.52 Å². The predicted octanol–water partition coefficient (Wildman–Crippen LogP) is 2.24. The van der Waals surface area contributed by atoms with Crippen LogP contribution in [0, 0.1) is 5.92 Å². The van der Waals surface area contributed by atoms with Gasteiger partial charge in [-0.15, -0.1) is 0 Å². The van der Waals surface area contributed by atoms with Crippen LogP contribution in [0.4, 0.5) is 0 Å². The van der Waals surface area contributed by atoms with E-state index in [2.05, 4.69) is 32.9 Å². The summed E-state index contributed by atoms with van der Waals surface area (Å²) >= 11 is 3.40.